The second-order valence-corrected chi connectivity index (χ2v) is 7.82. The van der Waals surface area contributed by atoms with Crippen molar-refractivity contribution >= 4 is 16.1 Å². The number of pyridine rings is 1. The highest BCUT2D eigenvalue weighted by molar-refractivity contribution is 7.89. The van der Waals surface area contributed by atoms with Gasteiger partial charge in [-0.25, -0.2) is 17.9 Å². The molecule has 0 unspecified atom stereocenters. The van der Waals surface area contributed by atoms with Crippen molar-refractivity contribution in [2.45, 2.75) is 36.6 Å². The summed E-state index contributed by atoms with van der Waals surface area (Å²) in [6, 6.07) is 3.00. The number of rotatable bonds is 7. The normalized spacial score (nSPS) is 17.3. The fourth-order valence-corrected chi connectivity index (χ4v) is 4.40. The van der Waals surface area contributed by atoms with Gasteiger partial charge in [0.15, 0.2) is 0 Å². The minimum Gasteiger partial charge on any atom is -0.385 e. The van der Waals surface area contributed by atoms with Crippen LogP contribution in [0.15, 0.2) is 29.4 Å². The molecule has 25 heavy (non-hydrogen) atoms. The number of ether oxygens (including phenoxy) is 1. The Morgan fingerprint density at radius 2 is 2.12 bits per heavy atom. The topological polar surface area (TPSA) is 101 Å². The number of urea groups is 1. The van der Waals surface area contributed by atoms with Crippen LogP contribution in [0.1, 0.15) is 26.2 Å². The molecule has 1 aliphatic heterocycles. The van der Waals surface area contributed by atoms with E-state index in [1.807, 2.05) is 6.92 Å². The van der Waals surface area contributed by atoms with Gasteiger partial charge in [0.2, 0.25) is 10.0 Å². The van der Waals surface area contributed by atoms with Gasteiger partial charge < -0.3 is 15.0 Å². The fraction of sp³-hybridized carbons (Fsp3) is 0.625. The molecular weight excluding hydrogens is 344 g/mol. The molecule has 1 fully saturated rings. The molecule has 0 bridgehead atoms. The number of nitrogens with zero attached hydrogens (tertiary/aromatic N) is 2. The highest BCUT2D eigenvalue weighted by Crippen LogP contribution is 2.28. The average Bonchev–Trinajstić information content (AvgIpc) is 2.61. The number of likely N-dealkylation sites (tertiary alicyclic amines) is 1. The molecule has 0 aromatic carbocycles. The van der Waals surface area contributed by atoms with E-state index in [0.29, 0.717) is 45.5 Å². The quantitative estimate of drug-likeness (QED) is 0.745. The van der Waals surface area contributed by atoms with E-state index < -0.39 is 15.6 Å². The molecule has 8 nitrogen and oxygen atoms in total. The average molecular weight is 370 g/mol. The summed E-state index contributed by atoms with van der Waals surface area (Å²) in [5.74, 6) is 0. The van der Waals surface area contributed by atoms with E-state index in [9.17, 15) is 13.2 Å². The summed E-state index contributed by atoms with van der Waals surface area (Å²) in [4.78, 5) is 17.7. The molecule has 0 radical (unpaired) electrons. The van der Waals surface area contributed by atoms with Crippen molar-refractivity contribution in [2.75, 3.05) is 33.4 Å². The van der Waals surface area contributed by atoms with E-state index in [0.717, 1.165) is 0 Å². The first-order valence-corrected chi connectivity index (χ1v) is 9.86. The highest BCUT2D eigenvalue weighted by Gasteiger charge is 2.39. The molecular formula is C16H26N4O4S. The Labute approximate surface area is 149 Å². The molecule has 1 aromatic rings. The predicted octanol–water partition coefficient (Wildman–Crippen LogP) is 0.961. The Bertz CT molecular complexity index is 658. The number of piperidine rings is 1. The first-order chi connectivity index (χ1) is 11.9. The van der Waals surface area contributed by atoms with Gasteiger partial charge in [-0.1, -0.05) is 0 Å². The summed E-state index contributed by atoms with van der Waals surface area (Å²) < 4.78 is 33.4. The summed E-state index contributed by atoms with van der Waals surface area (Å²) in [6.45, 7) is 3.86. The Kier molecular flexibility index (Phi) is 6.74. The van der Waals surface area contributed by atoms with Crippen LogP contribution in [0.4, 0.5) is 4.79 Å². The zero-order chi connectivity index (χ0) is 18.3. The predicted molar refractivity (Wildman–Crippen MR) is 93.7 cm³/mol. The van der Waals surface area contributed by atoms with Crippen molar-refractivity contribution in [3.63, 3.8) is 0 Å². The van der Waals surface area contributed by atoms with Gasteiger partial charge in [-0.15, -0.1) is 0 Å². The summed E-state index contributed by atoms with van der Waals surface area (Å²) >= 11 is 0. The van der Waals surface area contributed by atoms with Gasteiger partial charge in [-0.3, -0.25) is 4.98 Å². The van der Waals surface area contributed by atoms with Crippen molar-refractivity contribution in [3.05, 3.63) is 24.5 Å². The largest absolute Gasteiger partial charge is 0.385 e. The van der Waals surface area contributed by atoms with E-state index in [2.05, 4.69) is 15.0 Å². The van der Waals surface area contributed by atoms with Gasteiger partial charge in [0.25, 0.3) is 0 Å². The van der Waals surface area contributed by atoms with Crippen molar-refractivity contribution in [1.29, 1.82) is 0 Å². The van der Waals surface area contributed by atoms with Gasteiger partial charge in [-0.05, 0) is 38.3 Å². The second kappa shape index (κ2) is 8.59. The van der Waals surface area contributed by atoms with Crippen LogP contribution in [0, 0.1) is 0 Å². The lowest BCUT2D eigenvalue weighted by atomic mass is 9.86. The van der Waals surface area contributed by atoms with Crippen molar-refractivity contribution in [3.8, 4) is 0 Å². The number of carbonyl (C=O) groups is 1. The van der Waals surface area contributed by atoms with Crippen LogP contribution in [0.3, 0.4) is 0 Å². The third kappa shape index (κ3) is 5.13. The summed E-state index contributed by atoms with van der Waals surface area (Å²) in [7, 11) is -2.09. The number of sulfonamides is 1. The number of aromatic nitrogens is 1. The lowest BCUT2D eigenvalue weighted by Crippen LogP contribution is -2.57. The number of methoxy groups -OCH3 is 1. The lowest BCUT2D eigenvalue weighted by Gasteiger charge is -2.42. The molecule has 1 saturated heterocycles. The second-order valence-electron chi connectivity index (χ2n) is 6.14. The zero-order valence-corrected chi connectivity index (χ0v) is 15.5. The zero-order valence-electron chi connectivity index (χ0n) is 14.7. The summed E-state index contributed by atoms with van der Waals surface area (Å²) in [6.07, 6.45) is 4.48. The Morgan fingerprint density at radius 1 is 1.40 bits per heavy atom. The van der Waals surface area contributed by atoms with Crippen LogP contribution in [-0.2, 0) is 14.8 Å². The molecule has 2 amide bonds. The maximum Gasteiger partial charge on any atom is 0.317 e. The SMILES string of the molecule is CCNC(=O)N1CCC(CCOC)(NS(=O)(=O)c2cccnc2)CC1. The molecule has 2 heterocycles. The fourth-order valence-electron chi connectivity index (χ4n) is 2.95. The summed E-state index contributed by atoms with van der Waals surface area (Å²) in [5, 5.41) is 2.78. The van der Waals surface area contributed by atoms with E-state index in [1.54, 1.807) is 18.1 Å². The van der Waals surface area contributed by atoms with Gasteiger partial charge >= 0.3 is 6.03 Å². The van der Waals surface area contributed by atoms with Crippen molar-refractivity contribution in [1.82, 2.24) is 19.9 Å². The Balaban J connectivity index is 2.13. The standard InChI is InChI=1S/C16H26N4O4S/c1-3-18-15(21)20-10-6-16(7-11-20,8-12-24-2)19-25(22,23)14-5-4-9-17-13-14/h4-5,9,13,19H,3,6-8,10-12H2,1-2H3,(H,18,21). The van der Waals surface area contributed by atoms with Gasteiger partial charge in [-0.2, -0.15) is 0 Å². The molecule has 1 aliphatic rings. The molecule has 0 atom stereocenters. The number of amides is 2. The number of carbonyl (C=O) groups excluding carboxylic acids is 1. The lowest BCUT2D eigenvalue weighted by molar-refractivity contribution is 0.115. The summed E-state index contributed by atoms with van der Waals surface area (Å²) in [5.41, 5.74) is -0.631. The molecule has 2 N–H and O–H groups in total. The van der Waals surface area contributed by atoms with Gasteiger partial charge in [0, 0.05) is 51.3 Å². The molecule has 9 heteroatoms. The van der Waals surface area contributed by atoms with E-state index >= 15 is 0 Å². The minimum atomic E-state index is -3.68. The molecule has 140 valence electrons. The van der Waals surface area contributed by atoms with E-state index in [4.69, 9.17) is 4.74 Å². The first kappa shape index (κ1) is 19.6. The molecule has 1 aromatic heterocycles. The number of hydrogen-bond donors (Lipinski definition) is 2. The smallest absolute Gasteiger partial charge is 0.317 e. The van der Waals surface area contributed by atoms with Crippen LogP contribution >= 0.6 is 0 Å². The molecule has 0 spiro atoms. The van der Waals surface area contributed by atoms with Crippen LogP contribution in [0.5, 0.6) is 0 Å². The number of hydrogen-bond acceptors (Lipinski definition) is 5. The Hall–Kier alpha value is -1.71. The number of nitrogens with one attached hydrogen (secondary N) is 2. The van der Waals surface area contributed by atoms with Gasteiger partial charge in [0.1, 0.15) is 4.90 Å². The van der Waals surface area contributed by atoms with Crippen LogP contribution in [0.25, 0.3) is 0 Å². The van der Waals surface area contributed by atoms with Crippen LogP contribution in [-0.4, -0.2) is 63.2 Å². The highest BCUT2D eigenvalue weighted by atomic mass is 32.2. The first-order valence-electron chi connectivity index (χ1n) is 8.38. The maximum absolute atomic E-state index is 12.7. The van der Waals surface area contributed by atoms with Crippen molar-refractivity contribution < 1.29 is 17.9 Å². The van der Waals surface area contributed by atoms with Crippen molar-refractivity contribution in [2.24, 2.45) is 0 Å². The third-order valence-corrected chi connectivity index (χ3v) is 5.98. The molecule has 2 rings (SSSR count). The van der Waals surface area contributed by atoms with Gasteiger partial charge in [0.05, 0.1) is 0 Å². The molecule has 0 aliphatic carbocycles. The minimum absolute atomic E-state index is 0.113. The Morgan fingerprint density at radius 3 is 2.68 bits per heavy atom. The van der Waals surface area contributed by atoms with E-state index in [1.165, 1.54) is 18.5 Å². The van der Waals surface area contributed by atoms with Crippen LogP contribution in [0.2, 0.25) is 0 Å². The monoisotopic (exact) mass is 370 g/mol. The van der Waals surface area contributed by atoms with E-state index in [-0.39, 0.29) is 10.9 Å². The van der Waals surface area contributed by atoms with Crippen LogP contribution < -0.4 is 10.0 Å². The molecule has 0 saturated carbocycles. The third-order valence-electron chi connectivity index (χ3n) is 4.42. The maximum atomic E-state index is 12.7.